The molecule has 15 heavy (non-hydrogen) atoms. The van der Waals surface area contributed by atoms with Crippen molar-refractivity contribution in [3.63, 3.8) is 0 Å². The van der Waals surface area contributed by atoms with Crippen LogP contribution < -0.4 is 5.32 Å². The van der Waals surface area contributed by atoms with Crippen molar-refractivity contribution >= 4 is 28.5 Å². The summed E-state index contributed by atoms with van der Waals surface area (Å²) >= 11 is 2.20. The Hall–Kier alpha value is -0.620. The van der Waals surface area contributed by atoms with Crippen LogP contribution in [0.15, 0.2) is 18.2 Å². The molecule has 0 aliphatic rings. The summed E-state index contributed by atoms with van der Waals surface area (Å²) in [6.07, 6.45) is 0. The van der Waals surface area contributed by atoms with E-state index >= 15 is 0 Å². The van der Waals surface area contributed by atoms with Crippen molar-refractivity contribution in [2.75, 3.05) is 6.61 Å². The number of rotatable bonds is 3. The van der Waals surface area contributed by atoms with Gasteiger partial charge in [0, 0.05) is 15.2 Å². The summed E-state index contributed by atoms with van der Waals surface area (Å²) in [7, 11) is 0. The highest BCUT2D eigenvalue weighted by molar-refractivity contribution is 14.1. The SMILES string of the molecule is Cc1ccc(C(=O)N[C@@H](C)CO)cc1I. The first-order chi connectivity index (χ1) is 7.04. The summed E-state index contributed by atoms with van der Waals surface area (Å²) in [6, 6.07) is 5.34. The maximum Gasteiger partial charge on any atom is 0.251 e. The van der Waals surface area contributed by atoms with Crippen LogP contribution in [0.25, 0.3) is 0 Å². The van der Waals surface area contributed by atoms with Gasteiger partial charge in [-0.25, -0.2) is 0 Å². The molecule has 0 aliphatic heterocycles. The first-order valence-electron chi connectivity index (χ1n) is 4.72. The van der Waals surface area contributed by atoms with E-state index in [-0.39, 0.29) is 18.6 Å². The van der Waals surface area contributed by atoms with E-state index in [1.54, 1.807) is 13.0 Å². The lowest BCUT2D eigenvalue weighted by atomic mass is 10.1. The fraction of sp³-hybridized carbons (Fsp3) is 0.364. The lowest BCUT2D eigenvalue weighted by Gasteiger charge is -2.11. The highest BCUT2D eigenvalue weighted by Crippen LogP contribution is 2.13. The van der Waals surface area contributed by atoms with Gasteiger partial charge in [-0.3, -0.25) is 4.79 Å². The number of hydrogen-bond acceptors (Lipinski definition) is 2. The first kappa shape index (κ1) is 12.4. The molecule has 0 unspecified atom stereocenters. The normalized spacial score (nSPS) is 12.3. The second-order valence-corrected chi connectivity index (χ2v) is 4.68. The lowest BCUT2D eigenvalue weighted by molar-refractivity contribution is 0.0922. The van der Waals surface area contributed by atoms with Crippen molar-refractivity contribution in [3.05, 3.63) is 32.9 Å². The number of amides is 1. The van der Waals surface area contributed by atoms with Crippen LogP contribution in [0.4, 0.5) is 0 Å². The molecule has 0 bridgehead atoms. The summed E-state index contributed by atoms with van der Waals surface area (Å²) in [6.45, 7) is 3.71. The van der Waals surface area contributed by atoms with Gasteiger partial charge in [0.2, 0.25) is 0 Å². The van der Waals surface area contributed by atoms with Crippen molar-refractivity contribution in [1.82, 2.24) is 5.32 Å². The molecular formula is C11H14INO2. The van der Waals surface area contributed by atoms with Gasteiger partial charge in [-0.2, -0.15) is 0 Å². The Balaban J connectivity index is 2.78. The third-order valence-electron chi connectivity index (χ3n) is 2.09. The molecule has 0 saturated heterocycles. The van der Waals surface area contributed by atoms with E-state index in [9.17, 15) is 4.79 Å². The van der Waals surface area contributed by atoms with Crippen LogP contribution in [0, 0.1) is 10.5 Å². The van der Waals surface area contributed by atoms with E-state index in [1.807, 2.05) is 19.1 Å². The van der Waals surface area contributed by atoms with E-state index in [0.29, 0.717) is 5.56 Å². The molecule has 2 N–H and O–H groups in total. The molecular weight excluding hydrogens is 305 g/mol. The van der Waals surface area contributed by atoms with Crippen LogP contribution in [0.2, 0.25) is 0 Å². The Morgan fingerprint density at radius 1 is 1.60 bits per heavy atom. The minimum absolute atomic E-state index is 0.0469. The third kappa shape index (κ3) is 3.46. The molecule has 1 amide bonds. The van der Waals surface area contributed by atoms with Crippen molar-refractivity contribution < 1.29 is 9.90 Å². The second-order valence-electron chi connectivity index (χ2n) is 3.52. The lowest BCUT2D eigenvalue weighted by Crippen LogP contribution is -2.35. The van der Waals surface area contributed by atoms with Crippen LogP contribution in [-0.4, -0.2) is 23.7 Å². The Morgan fingerprint density at radius 2 is 2.27 bits per heavy atom. The second kappa shape index (κ2) is 5.46. The van der Waals surface area contributed by atoms with Gasteiger partial charge in [-0.1, -0.05) is 6.07 Å². The number of aryl methyl sites for hydroxylation is 1. The average molecular weight is 319 g/mol. The van der Waals surface area contributed by atoms with E-state index in [4.69, 9.17) is 5.11 Å². The molecule has 0 fully saturated rings. The number of benzene rings is 1. The molecule has 0 heterocycles. The molecule has 3 nitrogen and oxygen atoms in total. The molecule has 1 atom stereocenters. The topological polar surface area (TPSA) is 49.3 Å². The minimum atomic E-state index is -0.212. The zero-order chi connectivity index (χ0) is 11.4. The molecule has 82 valence electrons. The van der Waals surface area contributed by atoms with Gasteiger partial charge in [0.15, 0.2) is 0 Å². The fourth-order valence-corrected chi connectivity index (χ4v) is 1.60. The monoisotopic (exact) mass is 319 g/mol. The maximum absolute atomic E-state index is 11.7. The first-order valence-corrected chi connectivity index (χ1v) is 5.80. The molecule has 1 aromatic carbocycles. The number of nitrogens with one attached hydrogen (secondary N) is 1. The van der Waals surface area contributed by atoms with E-state index in [1.165, 1.54) is 0 Å². The van der Waals surface area contributed by atoms with Gasteiger partial charge >= 0.3 is 0 Å². The largest absolute Gasteiger partial charge is 0.394 e. The number of halogens is 1. The van der Waals surface area contributed by atoms with E-state index < -0.39 is 0 Å². The fourth-order valence-electron chi connectivity index (χ4n) is 1.09. The van der Waals surface area contributed by atoms with Gasteiger partial charge in [0.05, 0.1) is 6.61 Å². The van der Waals surface area contributed by atoms with Crippen molar-refractivity contribution in [3.8, 4) is 0 Å². The molecule has 0 saturated carbocycles. The Morgan fingerprint density at radius 3 is 2.80 bits per heavy atom. The Kier molecular flexibility index (Phi) is 4.53. The smallest absolute Gasteiger partial charge is 0.251 e. The van der Waals surface area contributed by atoms with Gasteiger partial charge in [-0.05, 0) is 54.1 Å². The van der Waals surface area contributed by atoms with Crippen molar-refractivity contribution in [2.24, 2.45) is 0 Å². The number of hydrogen-bond donors (Lipinski definition) is 2. The number of carbonyl (C=O) groups excluding carboxylic acids is 1. The average Bonchev–Trinajstić information content (AvgIpc) is 2.21. The predicted molar refractivity (Wildman–Crippen MR) is 67.9 cm³/mol. The number of aliphatic hydroxyl groups excluding tert-OH is 1. The Labute approximate surface area is 103 Å². The summed E-state index contributed by atoms with van der Waals surface area (Å²) in [5.74, 6) is -0.144. The summed E-state index contributed by atoms with van der Waals surface area (Å²) in [5, 5.41) is 11.5. The maximum atomic E-state index is 11.7. The molecule has 0 radical (unpaired) electrons. The molecule has 4 heteroatoms. The Bertz CT molecular complexity index is 366. The molecule has 0 aliphatic carbocycles. The van der Waals surface area contributed by atoms with Crippen molar-refractivity contribution in [2.45, 2.75) is 19.9 Å². The van der Waals surface area contributed by atoms with Crippen LogP contribution >= 0.6 is 22.6 Å². The van der Waals surface area contributed by atoms with Gasteiger partial charge in [0.25, 0.3) is 5.91 Å². The van der Waals surface area contributed by atoms with Crippen LogP contribution in [0.1, 0.15) is 22.8 Å². The molecule has 0 aromatic heterocycles. The summed E-state index contributed by atoms with van der Waals surface area (Å²) < 4.78 is 1.07. The number of aliphatic hydroxyl groups is 1. The molecule has 0 spiro atoms. The molecule has 1 aromatic rings. The number of carbonyl (C=O) groups is 1. The van der Waals surface area contributed by atoms with E-state index in [0.717, 1.165) is 9.13 Å². The van der Waals surface area contributed by atoms with Gasteiger partial charge in [-0.15, -0.1) is 0 Å². The van der Waals surface area contributed by atoms with Crippen molar-refractivity contribution in [1.29, 1.82) is 0 Å². The quantitative estimate of drug-likeness (QED) is 0.834. The zero-order valence-corrected chi connectivity index (χ0v) is 10.9. The zero-order valence-electron chi connectivity index (χ0n) is 8.75. The van der Waals surface area contributed by atoms with E-state index in [2.05, 4.69) is 27.9 Å². The summed E-state index contributed by atoms with van der Waals surface area (Å²) in [4.78, 5) is 11.7. The van der Waals surface area contributed by atoms with Gasteiger partial charge < -0.3 is 10.4 Å². The third-order valence-corrected chi connectivity index (χ3v) is 3.25. The predicted octanol–water partition coefficient (Wildman–Crippen LogP) is 1.71. The minimum Gasteiger partial charge on any atom is -0.394 e. The molecule has 1 rings (SSSR count). The highest BCUT2D eigenvalue weighted by atomic mass is 127. The van der Waals surface area contributed by atoms with Gasteiger partial charge in [0.1, 0.15) is 0 Å². The van der Waals surface area contributed by atoms with Crippen LogP contribution in [0.3, 0.4) is 0 Å². The van der Waals surface area contributed by atoms with Crippen LogP contribution in [0.5, 0.6) is 0 Å². The standard InChI is InChI=1S/C11H14INO2/c1-7-3-4-9(5-10(7)12)11(15)13-8(2)6-14/h3-5,8,14H,6H2,1-2H3,(H,13,15)/t8-/m0/s1. The summed E-state index contributed by atoms with van der Waals surface area (Å²) in [5.41, 5.74) is 1.78. The highest BCUT2D eigenvalue weighted by Gasteiger charge is 2.09. The van der Waals surface area contributed by atoms with Crippen LogP contribution in [-0.2, 0) is 0 Å².